The highest BCUT2D eigenvalue weighted by atomic mass is 79.9. The van der Waals surface area contributed by atoms with Crippen LogP contribution in [0.1, 0.15) is 0 Å². The van der Waals surface area contributed by atoms with Crippen molar-refractivity contribution in [2.45, 2.75) is 5.16 Å². The number of benzene rings is 1. The van der Waals surface area contributed by atoms with Crippen molar-refractivity contribution in [1.29, 1.82) is 0 Å². The van der Waals surface area contributed by atoms with Crippen molar-refractivity contribution >= 4 is 51.2 Å². The number of carboxylic acid groups (broad SMARTS) is 1. The van der Waals surface area contributed by atoms with Crippen molar-refractivity contribution in [2.24, 2.45) is 0 Å². The van der Waals surface area contributed by atoms with Crippen LogP contribution in [0, 0.1) is 0 Å². The SMILES string of the molecule is Nc1nnc(SCC(=O)O)n1-c1cccc(Cl)c1Br. The van der Waals surface area contributed by atoms with Crippen molar-refractivity contribution in [2.75, 3.05) is 11.5 Å². The molecule has 2 rings (SSSR count). The maximum absolute atomic E-state index is 10.6. The first-order valence-corrected chi connectivity index (χ1v) is 7.16. The number of hydrogen-bond donors (Lipinski definition) is 2. The van der Waals surface area contributed by atoms with E-state index < -0.39 is 5.97 Å². The molecule has 1 aromatic carbocycles. The summed E-state index contributed by atoms with van der Waals surface area (Å²) in [6.07, 6.45) is 0. The molecule has 0 radical (unpaired) electrons. The first-order chi connectivity index (χ1) is 9.00. The molecule has 9 heteroatoms. The van der Waals surface area contributed by atoms with E-state index in [0.717, 1.165) is 11.8 Å². The van der Waals surface area contributed by atoms with Gasteiger partial charge in [0, 0.05) is 0 Å². The molecule has 3 N–H and O–H groups in total. The number of halogens is 2. The third kappa shape index (κ3) is 3.02. The maximum Gasteiger partial charge on any atom is 0.313 e. The van der Waals surface area contributed by atoms with Gasteiger partial charge in [-0.15, -0.1) is 10.2 Å². The van der Waals surface area contributed by atoms with Crippen LogP contribution in [0.3, 0.4) is 0 Å². The Bertz CT molecular complexity index is 634. The summed E-state index contributed by atoms with van der Waals surface area (Å²) in [4.78, 5) is 10.6. The Hall–Kier alpha value is -1.25. The summed E-state index contributed by atoms with van der Waals surface area (Å²) in [5.74, 6) is -0.907. The van der Waals surface area contributed by atoms with Crippen molar-refractivity contribution in [3.8, 4) is 5.69 Å². The molecule has 0 unspecified atom stereocenters. The average Bonchev–Trinajstić information content (AvgIpc) is 2.72. The quantitative estimate of drug-likeness (QED) is 0.810. The number of carboxylic acids is 1. The monoisotopic (exact) mass is 362 g/mol. The molecule has 0 amide bonds. The molecule has 1 aromatic heterocycles. The highest BCUT2D eigenvalue weighted by Crippen LogP contribution is 2.32. The minimum atomic E-state index is -0.941. The molecule has 0 spiro atoms. The zero-order valence-corrected chi connectivity index (χ0v) is 12.5. The van der Waals surface area contributed by atoms with Gasteiger partial charge >= 0.3 is 5.97 Å². The van der Waals surface area contributed by atoms with Crippen molar-refractivity contribution < 1.29 is 9.90 Å². The molecular formula is C10H8BrClN4O2S. The van der Waals surface area contributed by atoms with Gasteiger partial charge in [-0.2, -0.15) is 0 Å². The van der Waals surface area contributed by atoms with Gasteiger partial charge in [0.15, 0.2) is 5.16 Å². The van der Waals surface area contributed by atoms with E-state index in [2.05, 4.69) is 26.1 Å². The highest BCUT2D eigenvalue weighted by molar-refractivity contribution is 9.10. The Morgan fingerprint density at radius 1 is 1.53 bits per heavy atom. The summed E-state index contributed by atoms with van der Waals surface area (Å²) < 4.78 is 2.18. The first-order valence-electron chi connectivity index (χ1n) is 5.00. The highest BCUT2D eigenvalue weighted by Gasteiger charge is 2.16. The molecule has 19 heavy (non-hydrogen) atoms. The molecule has 6 nitrogen and oxygen atoms in total. The number of anilines is 1. The predicted octanol–water partition coefficient (Wildman–Crippen LogP) is 2.44. The zero-order chi connectivity index (χ0) is 14.0. The van der Waals surface area contributed by atoms with Crippen LogP contribution in [0.25, 0.3) is 5.69 Å². The largest absolute Gasteiger partial charge is 0.481 e. The molecule has 0 saturated carbocycles. The summed E-state index contributed by atoms with van der Waals surface area (Å²) in [7, 11) is 0. The van der Waals surface area contributed by atoms with Crippen LogP contribution in [-0.2, 0) is 4.79 Å². The van der Waals surface area contributed by atoms with Gasteiger partial charge in [-0.05, 0) is 28.1 Å². The Kier molecular flexibility index (Phi) is 4.33. The number of thioether (sulfide) groups is 1. The van der Waals surface area contributed by atoms with Crippen molar-refractivity contribution in [1.82, 2.24) is 14.8 Å². The van der Waals surface area contributed by atoms with Gasteiger partial charge in [0.05, 0.1) is 20.9 Å². The Morgan fingerprint density at radius 3 is 2.95 bits per heavy atom. The Morgan fingerprint density at radius 2 is 2.26 bits per heavy atom. The number of hydrogen-bond acceptors (Lipinski definition) is 5. The topological polar surface area (TPSA) is 94.0 Å². The minimum Gasteiger partial charge on any atom is -0.481 e. The third-order valence-corrected chi connectivity index (χ3v) is 4.45. The number of aromatic nitrogens is 3. The first kappa shape index (κ1) is 14.2. The van der Waals surface area contributed by atoms with Crippen LogP contribution in [0.2, 0.25) is 5.02 Å². The summed E-state index contributed by atoms with van der Waals surface area (Å²) >= 11 is 10.4. The molecule has 0 bridgehead atoms. The van der Waals surface area contributed by atoms with E-state index in [1.807, 2.05) is 0 Å². The Labute approximate surface area is 126 Å². The van der Waals surface area contributed by atoms with Gasteiger partial charge in [-0.25, -0.2) is 0 Å². The number of nitrogen functional groups attached to an aromatic ring is 1. The predicted molar refractivity (Wildman–Crippen MR) is 76.8 cm³/mol. The number of aliphatic carboxylic acids is 1. The number of nitrogens with two attached hydrogens (primary N) is 1. The second-order valence-corrected chi connectivity index (χ2v) is 5.57. The molecule has 100 valence electrons. The molecule has 1 heterocycles. The average molecular weight is 364 g/mol. The fourth-order valence-corrected chi connectivity index (χ4v) is 2.68. The fraction of sp³-hybridized carbons (Fsp3) is 0.100. The Balaban J connectivity index is 2.46. The number of rotatable bonds is 4. The molecule has 0 aliphatic rings. The van der Waals surface area contributed by atoms with Crippen LogP contribution in [0.4, 0.5) is 5.95 Å². The van der Waals surface area contributed by atoms with Crippen molar-refractivity contribution in [3.63, 3.8) is 0 Å². The molecule has 2 aromatic rings. The number of carbonyl (C=O) groups is 1. The lowest BCUT2D eigenvalue weighted by Gasteiger charge is -2.10. The van der Waals surface area contributed by atoms with Gasteiger partial charge < -0.3 is 10.8 Å². The van der Waals surface area contributed by atoms with Crippen LogP contribution in [-0.4, -0.2) is 31.6 Å². The lowest BCUT2D eigenvalue weighted by molar-refractivity contribution is -0.133. The second-order valence-electron chi connectivity index (χ2n) is 3.43. The molecule has 0 aliphatic heterocycles. The second kappa shape index (κ2) is 5.81. The van der Waals surface area contributed by atoms with E-state index in [9.17, 15) is 4.79 Å². The van der Waals surface area contributed by atoms with Crippen LogP contribution < -0.4 is 5.73 Å². The number of nitrogens with zero attached hydrogens (tertiary/aromatic N) is 3. The van der Waals surface area contributed by atoms with Crippen molar-refractivity contribution in [3.05, 3.63) is 27.7 Å². The van der Waals surface area contributed by atoms with E-state index in [0.29, 0.717) is 20.3 Å². The fourth-order valence-electron chi connectivity index (χ4n) is 1.39. The molecule has 0 saturated heterocycles. The van der Waals surface area contributed by atoms with Gasteiger partial charge in [0.25, 0.3) is 0 Å². The molecular weight excluding hydrogens is 356 g/mol. The van der Waals surface area contributed by atoms with E-state index >= 15 is 0 Å². The van der Waals surface area contributed by atoms with E-state index in [-0.39, 0.29) is 11.7 Å². The van der Waals surface area contributed by atoms with Crippen LogP contribution in [0.15, 0.2) is 27.8 Å². The van der Waals surface area contributed by atoms with Crippen LogP contribution >= 0.6 is 39.3 Å². The van der Waals surface area contributed by atoms with Gasteiger partial charge in [0.1, 0.15) is 0 Å². The molecule has 0 fully saturated rings. The lowest BCUT2D eigenvalue weighted by atomic mass is 10.3. The summed E-state index contributed by atoms with van der Waals surface area (Å²) in [5, 5.41) is 17.2. The van der Waals surface area contributed by atoms with E-state index in [1.165, 1.54) is 0 Å². The minimum absolute atomic E-state index is 0.129. The van der Waals surface area contributed by atoms with Crippen LogP contribution in [0.5, 0.6) is 0 Å². The summed E-state index contributed by atoms with van der Waals surface area (Å²) in [5.41, 5.74) is 6.42. The van der Waals surface area contributed by atoms with E-state index in [1.54, 1.807) is 22.8 Å². The standard InChI is InChI=1S/C10H8BrClN4O2S/c11-8-5(12)2-1-3-6(8)16-9(13)14-15-10(16)19-4-7(17)18/h1-3H,4H2,(H2,13,14)(H,17,18). The van der Waals surface area contributed by atoms with Gasteiger partial charge in [-0.1, -0.05) is 29.4 Å². The van der Waals surface area contributed by atoms with E-state index in [4.69, 9.17) is 22.4 Å². The summed E-state index contributed by atoms with van der Waals surface area (Å²) in [6.45, 7) is 0. The lowest BCUT2D eigenvalue weighted by Crippen LogP contribution is -2.05. The smallest absolute Gasteiger partial charge is 0.313 e. The van der Waals surface area contributed by atoms with Gasteiger partial charge in [-0.3, -0.25) is 9.36 Å². The molecule has 0 atom stereocenters. The maximum atomic E-state index is 10.6. The van der Waals surface area contributed by atoms with Gasteiger partial charge in [0.2, 0.25) is 5.95 Å². The summed E-state index contributed by atoms with van der Waals surface area (Å²) in [6, 6.07) is 5.26. The molecule has 0 aliphatic carbocycles. The third-order valence-electron chi connectivity index (χ3n) is 2.16. The zero-order valence-electron chi connectivity index (χ0n) is 9.38. The normalized spacial score (nSPS) is 10.6.